The van der Waals surface area contributed by atoms with E-state index in [9.17, 15) is 55.1 Å². The van der Waals surface area contributed by atoms with Gasteiger partial charge in [0.2, 0.25) is 0 Å². The number of ketones is 1. The average Bonchev–Trinajstić information content (AvgIpc) is 0.896. The van der Waals surface area contributed by atoms with Crippen LogP contribution in [0.5, 0.6) is 28.7 Å². The van der Waals surface area contributed by atoms with Crippen LogP contribution in [0.2, 0.25) is 0 Å². The Bertz CT molecular complexity index is 5830. The third-order valence-corrected chi connectivity index (χ3v) is 20.3. The van der Waals surface area contributed by atoms with Gasteiger partial charge in [0, 0.05) is 95.5 Å². The smallest absolute Gasteiger partial charge is 1.00 e. The van der Waals surface area contributed by atoms with E-state index < -0.39 is 59.6 Å². The van der Waals surface area contributed by atoms with E-state index in [0.717, 1.165) is 58.1 Å². The van der Waals surface area contributed by atoms with Crippen LogP contribution < -0.4 is 52.8 Å². The number of nitrogens with two attached hydrogens (primary N) is 1. The number of hydrogen-bond acceptors (Lipinski definition) is 15. The van der Waals surface area contributed by atoms with Crippen molar-refractivity contribution in [3.63, 3.8) is 0 Å². The first kappa shape index (κ1) is 115. The number of carboxylic acids is 1. The van der Waals surface area contributed by atoms with Gasteiger partial charge in [0.05, 0.1) is 29.9 Å². The van der Waals surface area contributed by atoms with E-state index in [0.29, 0.717) is 95.7 Å². The molecule has 1 saturated heterocycles. The summed E-state index contributed by atoms with van der Waals surface area (Å²) in [5.74, 6) is -1.60. The number of halogens is 10. The SMILES string of the molecule is C1CCOC1.CC(O)c1ccc(Br)cc1F.CC(Oc1ccccc1)c1ccc(Br)cc1F.CC(Oc1ccccc1)c1ccc(C(=O)O)cc1F.COC(=O)c1ccc(C(C)Oc2ccccc2)c(F)c1.Cc1cc(C)c(CCC(=O)c2ccc(C(C)Oc3ccccc3)c(F)c2)c(=O)[nH]1.Cc1cc(C)c(CN)c(=O)[nH]1.O=Cc1ccc(Br)cc1F.Oc1ccccc1.[Br-].[CH3-].[Mg+2]. The van der Waals surface area contributed by atoms with E-state index in [4.69, 9.17) is 44.7 Å². The second kappa shape index (κ2) is 60.7. The predicted octanol–water partition coefficient (Wildman–Crippen LogP) is 22.0. The number of methoxy groups -OCH3 is 1. The number of rotatable bonds is 21. The van der Waals surface area contributed by atoms with Crippen LogP contribution >= 0.6 is 47.8 Å². The molecule has 0 aliphatic carbocycles. The Hall–Kier alpha value is -11.3. The molecule has 5 unspecified atom stereocenters. The van der Waals surface area contributed by atoms with Gasteiger partial charge < -0.3 is 83.9 Å². The Morgan fingerprint density at radius 1 is 0.455 bits per heavy atom. The molecule has 1 aliphatic heterocycles. The number of aryl methyl sites for hydroxylation is 4. The first-order valence-corrected chi connectivity index (χ1v) is 43.0. The molecule has 0 bridgehead atoms. The Labute approximate surface area is 817 Å². The first-order chi connectivity index (χ1) is 61.6. The number of aromatic carboxylic acids is 1. The van der Waals surface area contributed by atoms with Crippen LogP contribution in [0, 0.1) is 70.0 Å². The zero-order valence-corrected chi connectivity index (χ0v) is 82.5. The van der Waals surface area contributed by atoms with E-state index >= 15 is 0 Å². The number of aliphatic hydroxyl groups excluding tert-OH is 1. The number of aromatic amines is 2. The summed E-state index contributed by atoms with van der Waals surface area (Å²) in [6.07, 6.45) is 0.999. The van der Waals surface area contributed by atoms with E-state index in [1.807, 2.05) is 144 Å². The van der Waals surface area contributed by atoms with Gasteiger partial charge in [0.25, 0.3) is 11.1 Å². The maximum absolute atomic E-state index is 14.6. The summed E-state index contributed by atoms with van der Waals surface area (Å²) >= 11 is 9.42. The number of H-pyrrole nitrogens is 2. The molecule has 14 rings (SSSR count). The minimum atomic E-state index is -1.15. The summed E-state index contributed by atoms with van der Waals surface area (Å²) < 4.78 is 116. The molecule has 11 aromatic carbocycles. The molecule has 13 aromatic rings. The van der Waals surface area contributed by atoms with Gasteiger partial charge in [-0.15, -0.1) is 0 Å². The number of esters is 1. The third-order valence-electron chi connectivity index (χ3n) is 18.8. The van der Waals surface area contributed by atoms with Crippen molar-refractivity contribution in [1.29, 1.82) is 0 Å². The van der Waals surface area contributed by atoms with Gasteiger partial charge in [0.1, 0.15) is 88.1 Å². The van der Waals surface area contributed by atoms with Crippen LogP contribution in [-0.2, 0) is 22.4 Å². The summed E-state index contributed by atoms with van der Waals surface area (Å²) in [6.45, 7) is 18.3. The summed E-state index contributed by atoms with van der Waals surface area (Å²) in [5, 5.41) is 26.4. The van der Waals surface area contributed by atoms with Gasteiger partial charge in [-0.3, -0.25) is 19.2 Å². The number of nitrogens with one attached hydrogen (secondary N) is 2. The van der Waals surface area contributed by atoms with E-state index in [2.05, 4.69) is 62.5 Å². The van der Waals surface area contributed by atoms with Gasteiger partial charge in [-0.2, -0.15) is 0 Å². The number of aliphatic hydroxyl groups is 1. The number of aromatic hydroxyl groups is 1. The quantitative estimate of drug-likeness (QED) is 0.00974. The Morgan fingerprint density at radius 3 is 1.08 bits per heavy atom. The topological polar surface area (TPSA) is 276 Å². The van der Waals surface area contributed by atoms with Crippen molar-refractivity contribution in [3.8, 4) is 28.7 Å². The number of benzene rings is 11. The minimum Gasteiger partial charge on any atom is -1.00 e. The number of para-hydroxylation sites is 5. The van der Waals surface area contributed by atoms with Gasteiger partial charge in [-0.05, 0) is 238 Å². The number of ether oxygens (including phenoxy) is 6. The summed E-state index contributed by atoms with van der Waals surface area (Å²) in [6, 6.07) is 75.7. The molecule has 694 valence electrons. The molecule has 0 radical (unpaired) electrons. The summed E-state index contributed by atoms with van der Waals surface area (Å²) in [4.78, 5) is 73.3. The molecule has 29 heteroatoms. The first-order valence-electron chi connectivity index (χ1n) is 40.6. The Morgan fingerprint density at radius 2 is 0.773 bits per heavy atom. The molecule has 7 N–H and O–H groups in total. The second-order valence-corrected chi connectivity index (χ2v) is 31.5. The van der Waals surface area contributed by atoms with Crippen LogP contribution in [0.3, 0.4) is 0 Å². The zero-order valence-electron chi connectivity index (χ0n) is 74.7. The molecular weight excluding hydrogens is 1980 g/mol. The fourth-order valence-electron chi connectivity index (χ4n) is 12.1. The summed E-state index contributed by atoms with van der Waals surface area (Å²) in [5.41, 5.74) is 12.4. The molecule has 0 saturated carbocycles. The molecule has 0 amide bonds. The van der Waals surface area contributed by atoms with Crippen molar-refractivity contribution in [3.05, 3.63) is 433 Å². The van der Waals surface area contributed by atoms with E-state index in [-0.39, 0.29) is 105 Å². The van der Waals surface area contributed by atoms with Gasteiger partial charge >= 0.3 is 35.0 Å². The van der Waals surface area contributed by atoms with Crippen molar-refractivity contribution in [2.45, 2.75) is 125 Å². The van der Waals surface area contributed by atoms with Crippen LogP contribution in [0.15, 0.2) is 296 Å². The monoisotopic (exact) mass is 2080 g/mol. The number of hydrogen-bond donors (Lipinski definition) is 6. The Balaban J connectivity index is 0.000000396. The largest absolute Gasteiger partial charge is 2.00 e. The van der Waals surface area contributed by atoms with Crippen LogP contribution in [0.1, 0.15) is 187 Å². The van der Waals surface area contributed by atoms with Crippen LogP contribution in [-0.4, -0.2) is 92.7 Å². The molecule has 132 heavy (non-hydrogen) atoms. The normalized spacial score (nSPS) is 11.7. The molecule has 1 fully saturated rings. The van der Waals surface area contributed by atoms with Crippen molar-refractivity contribution in [2.24, 2.45) is 5.73 Å². The molecule has 1 aliphatic rings. The standard InChI is InChI=1S/C24H24FNO3.C16H15FO3.C15H13FO3.C14H12BrFO.C8H8BrFO.C8H12N2O.C7H4BrFO.C6H6O.C4H8O.CH3.BrH.Mg/c1-15-13-16(2)26-24(28)20(15)11-12-23(27)18-9-10-21(22(25)14-18)17(3)29-19-7-5-4-6-8-19;1-11(20-13-6-4-3-5-7-13)14-9-8-12(10-15(14)17)16(18)19-2;1-10(19-12-5-3-2-4-6-12)13-8-7-11(15(17)18)9-14(13)16;1-10(17-12-5-3-2-4-6-12)13-8-7-11(15)9-14(13)16;1-5(11)7-3-2-6(9)4-8(7)10;1-5-3-6(2)10-8(11)7(5)4-9;8-6-2-1-5(4-10)7(9)3-6;7-6-4-2-1-3-5-6;1-2-4-5-3-1;;;/h4-10,13-14,17H,11-12H2,1-3H3,(H,26,28);3-11H,1-2H3;2-10H,1H3,(H,17,18);2-10H,1H3;2-5,11H,1H3;3H,4,9H2,1-2H3,(H,10,11);1-4H;1-5,7H;1-4H2;1H3;1H;/q;;;;;;;;;-1;;+2/p-1. The number of carbonyl (C=O) groups is 4. The summed E-state index contributed by atoms with van der Waals surface area (Å²) in [7, 11) is 1.26. The van der Waals surface area contributed by atoms with E-state index in [1.165, 1.54) is 81.5 Å². The number of phenols is 1. The number of pyridine rings is 2. The van der Waals surface area contributed by atoms with Crippen molar-refractivity contribution in [2.75, 3.05) is 20.3 Å². The Kier molecular flexibility index (Phi) is 52.9. The number of carbonyl (C=O) groups excluding carboxylic acids is 3. The molecule has 2 aromatic heterocycles. The average molecular weight is 2080 g/mol. The number of aromatic nitrogens is 2. The van der Waals surface area contributed by atoms with Gasteiger partial charge in [-0.25, -0.2) is 35.9 Å². The zero-order chi connectivity index (χ0) is 94.7. The third kappa shape index (κ3) is 40.1. The van der Waals surface area contributed by atoms with Gasteiger partial charge in [-0.1, -0.05) is 175 Å². The number of aldehydes is 1. The predicted molar refractivity (Wildman–Crippen MR) is 512 cm³/mol. The minimum absolute atomic E-state index is 0. The molecule has 5 atom stereocenters. The maximum Gasteiger partial charge on any atom is 2.00 e. The molecule has 3 heterocycles. The van der Waals surface area contributed by atoms with Gasteiger partial charge in [0.15, 0.2) is 12.1 Å². The number of phenolic OH excluding ortho intramolecular Hbond substituents is 1. The maximum atomic E-state index is 14.6. The number of Topliss-reactive ketones (excluding diaryl/α,β-unsaturated/α-hetero) is 1. The second-order valence-electron chi connectivity index (χ2n) is 28.8. The number of carboxylic acid groups (broad SMARTS) is 1. The molecule has 0 spiro atoms. The van der Waals surface area contributed by atoms with Crippen LogP contribution in [0.4, 0.5) is 26.3 Å². The fourth-order valence-corrected chi connectivity index (χ4v) is 13.1. The molecule has 18 nitrogen and oxygen atoms in total. The van der Waals surface area contributed by atoms with E-state index in [1.54, 1.807) is 118 Å². The molecular formula is C103H105Br4F6MgN3O15. The van der Waals surface area contributed by atoms with Crippen molar-refractivity contribution >= 4 is 94.9 Å². The van der Waals surface area contributed by atoms with Crippen LogP contribution in [0.25, 0.3) is 0 Å². The van der Waals surface area contributed by atoms with Crippen molar-refractivity contribution in [1.82, 2.24) is 9.97 Å². The fraction of sp³-hybridized carbons (Fsp3) is 0.214. The van der Waals surface area contributed by atoms with Crippen molar-refractivity contribution < 1.29 is 106 Å².